The second-order valence-corrected chi connectivity index (χ2v) is 10.1. The second-order valence-electron chi connectivity index (χ2n) is 8.17. The number of carbonyl (C=O) groups excluding carboxylic acids is 1. The van der Waals surface area contributed by atoms with Crippen LogP contribution in [0.2, 0.25) is 0 Å². The van der Waals surface area contributed by atoms with Crippen LogP contribution in [0.15, 0.2) is 68.4 Å². The number of carbonyl (C=O) groups is 2. The van der Waals surface area contributed by atoms with Crippen molar-refractivity contribution in [3.05, 3.63) is 84.5 Å². The number of aromatic nitrogens is 1. The topological polar surface area (TPSA) is 116 Å². The molecule has 198 valence electrons. The lowest BCUT2D eigenvalue weighted by atomic mass is 9.96. The van der Waals surface area contributed by atoms with Gasteiger partial charge in [-0.1, -0.05) is 29.5 Å². The van der Waals surface area contributed by atoms with Crippen molar-refractivity contribution in [1.29, 1.82) is 0 Å². The third kappa shape index (κ3) is 5.53. The Bertz CT molecular complexity index is 1590. The van der Waals surface area contributed by atoms with E-state index < -0.39 is 24.6 Å². The highest BCUT2D eigenvalue weighted by atomic mass is 32.2. The van der Waals surface area contributed by atoms with Gasteiger partial charge in [0.25, 0.3) is 5.56 Å². The van der Waals surface area contributed by atoms with Crippen LogP contribution in [-0.4, -0.2) is 48.2 Å². The summed E-state index contributed by atoms with van der Waals surface area (Å²) in [7, 11) is 1.45. The molecule has 9 nitrogen and oxygen atoms in total. The van der Waals surface area contributed by atoms with Crippen LogP contribution in [0.5, 0.6) is 11.5 Å². The van der Waals surface area contributed by atoms with E-state index in [0.29, 0.717) is 31.9 Å². The van der Waals surface area contributed by atoms with E-state index in [4.69, 9.17) is 19.3 Å². The van der Waals surface area contributed by atoms with E-state index in [1.54, 1.807) is 49.9 Å². The molecule has 0 radical (unpaired) electrons. The number of fused-ring (bicyclic) bond motifs is 1. The molecule has 11 heteroatoms. The minimum atomic E-state index is -1.10. The number of thioether (sulfide) groups is 1. The Morgan fingerprint density at radius 1 is 1.18 bits per heavy atom. The monoisotopic (exact) mass is 554 g/mol. The molecule has 0 saturated carbocycles. The van der Waals surface area contributed by atoms with Gasteiger partial charge in [-0.2, -0.15) is 0 Å². The summed E-state index contributed by atoms with van der Waals surface area (Å²) in [6.45, 7) is 3.17. The highest BCUT2D eigenvalue weighted by molar-refractivity contribution is 7.98. The van der Waals surface area contributed by atoms with Crippen LogP contribution in [0, 0.1) is 0 Å². The summed E-state index contributed by atoms with van der Waals surface area (Å²) in [5, 5.41) is 8.88. The molecule has 1 aliphatic rings. The van der Waals surface area contributed by atoms with Crippen molar-refractivity contribution in [3.63, 3.8) is 0 Å². The molecule has 2 heterocycles. The molecule has 0 bridgehead atoms. The third-order valence-electron chi connectivity index (χ3n) is 5.79. The number of esters is 1. The Labute approximate surface area is 226 Å². The number of hydrogen-bond donors (Lipinski definition) is 1. The minimum Gasteiger partial charge on any atom is -0.493 e. The van der Waals surface area contributed by atoms with Gasteiger partial charge in [0.15, 0.2) is 22.9 Å². The number of nitrogens with zero attached hydrogens (tertiary/aromatic N) is 2. The Balaban J connectivity index is 1.84. The lowest BCUT2D eigenvalue weighted by molar-refractivity contribution is -0.140. The molecule has 0 spiro atoms. The molecule has 1 aromatic heterocycles. The van der Waals surface area contributed by atoms with Crippen molar-refractivity contribution in [3.8, 4) is 11.5 Å². The van der Waals surface area contributed by atoms with Gasteiger partial charge in [-0.05, 0) is 61.6 Å². The Kier molecular flexibility index (Phi) is 8.38. The van der Waals surface area contributed by atoms with Gasteiger partial charge < -0.3 is 19.3 Å². The average Bonchev–Trinajstić information content (AvgIpc) is 3.21. The predicted molar refractivity (Wildman–Crippen MR) is 145 cm³/mol. The Morgan fingerprint density at radius 3 is 2.55 bits per heavy atom. The standard InChI is InChI=1S/C27H26N2O7S2/c1-5-35-26(33)23-15(2)28-27-29(24(23)17-7-9-18(37-4)10-8-17)25(32)21(38-27)13-16-6-11-19(20(12-16)34-3)36-14-22(30)31/h6-13,24H,5,14H2,1-4H3,(H,30,31)/b21-13+/t24-/m0/s1. The van der Waals surface area contributed by atoms with Gasteiger partial charge in [-0.25, -0.2) is 14.6 Å². The molecule has 4 rings (SSSR count). The molecule has 1 atom stereocenters. The maximum Gasteiger partial charge on any atom is 0.341 e. The number of methoxy groups -OCH3 is 1. The molecule has 3 aromatic rings. The highest BCUT2D eigenvalue weighted by Crippen LogP contribution is 2.32. The van der Waals surface area contributed by atoms with E-state index >= 15 is 0 Å². The molecule has 2 aromatic carbocycles. The maximum atomic E-state index is 13.7. The van der Waals surface area contributed by atoms with Gasteiger partial charge in [-0.15, -0.1) is 11.8 Å². The SMILES string of the molecule is CCOC(=O)C1=C(C)N=c2s/c(=C/c3ccc(OCC(=O)O)c(OC)c3)c(=O)n2[C@H]1c1ccc(SC)cc1. The van der Waals surface area contributed by atoms with Crippen molar-refractivity contribution in [1.82, 2.24) is 4.57 Å². The molecule has 0 saturated heterocycles. The first kappa shape index (κ1) is 27.2. The Morgan fingerprint density at radius 2 is 1.92 bits per heavy atom. The number of aliphatic carboxylic acids is 1. The minimum absolute atomic E-state index is 0.201. The van der Waals surface area contributed by atoms with Crippen molar-refractivity contribution in [2.45, 2.75) is 24.8 Å². The molecule has 0 unspecified atom stereocenters. The zero-order valence-corrected chi connectivity index (χ0v) is 22.9. The van der Waals surface area contributed by atoms with Gasteiger partial charge in [0, 0.05) is 4.90 Å². The molecular weight excluding hydrogens is 528 g/mol. The van der Waals surface area contributed by atoms with Crippen LogP contribution >= 0.6 is 23.1 Å². The fourth-order valence-electron chi connectivity index (χ4n) is 4.08. The fraction of sp³-hybridized carbons (Fsp3) is 0.259. The van der Waals surface area contributed by atoms with Gasteiger partial charge in [-0.3, -0.25) is 9.36 Å². The van der Waals surface area contributed by atoms with Crippen LogP contribution in [0.3, 0.4) is 0 Å². The largest absolute Gasteiger partial charge is 0.493 e. The summed E-state index contributed by atoms with van der Waals surface area (Å²) in [5.41, 5.74) is 1.94. The van der Waals surface area contributed by atoms with Gasteiger partial charge >= 0.3 is 11.9 Å². The summed E-state index contributed by atoms with van der Waals surface area (Å²) >= 11 is 2.81. The van der Waals surface area contributed by atoms with E-state index in [9.17, 15) is 14.4 Å². The zero-order valence-electron chi connectivity index (χ0n) is 21.2. The number of carboxylic acid groups (broad SMARTS) is 1. The molecule has 0 aliphatic carbocycles. The number of ether oxygens (including phenoxy) is 3. The number of benzene rings is 2. The number of allylic oxidation sites excluding steroid dienone is 1. The van der Waals surface area contributed by atoms with Gasteiger partial charge in [0.1, 0.15) is 0 Å². The zero-order chi connectivity index (χ0) is 27.4. The highest BCUT2D eigenvalue weighted by Gasteiger charge is 2.33. The van der Waals surface area contributed by atoms with Crippen molar-refractivity contribution >= 4 is 41.1 Å². The van der Waals surface area contributed by atoms with E-state index in [-0.39, 0.29) is 17.9 Å². The molecule has 38 heavy (non-hydrogen) atoms. The predicted octanol–water partition coefficient (Wildman–Crippen LogP) is 2.99. The number of rotatable bonds is 9. The van der Waals surface area contributed by atoms with Crippen molar-refractivity contribution in [2.24, 2.45) is 4.99 Å². The lowest BCUT2D eigenvalue weighted by Crippen LogP contribution is -2.39. The van der Waals surface area contributed by atoms with E-state index in [0.717, 1.165) is 10.5 Å². The number of hydrogen-bond acceptors (Lipinski definition) is 9. The van der Waals surface area contributed by atoms with Crippen molar-refractivity contribution < 1.29 is 28.9 Å². The van der Waals surface area contributed by atoms with Crippen LogP contribution in [0.1, 0.15) is 31.0 Å². The van der Waals surface area contributed by atoms with Crippen LogP contribution < -0.4 is 24.4 Å². The second kappa shape index (κ2) is 11.7. The molecule has 0 amide bonds. The van der Waals surface area contributed by atoms with Crippen LogP contribution in [-0.2, 0) is 14.3 Å². The summed E-state index contributed by atoms with van der Waals surface area (Å²) in [4.78, 5) is 43.7. The van der Waals surface area contributed by atoms with E-state index in [1.807, 2.05) is 30.5 Å². The van der Waals surface area contributed by atoms with Crippen molar-refractivity contribution in [2.75, 3.05) is 26.6 Å². The maximum absolute atomic E-state index is 13.7. The normalized spacial score (nSPS) is 15.1. The fourth-order valence-corrected chi connectivity index (χ4v) is 5.53. The first-order valence-electron chi connectivity index (χ1n) is 11.6. The van der Waals surface area contributed by atoms with Gasteiger partial charge in [0.2, 0.25) is 0 Å². The van der Waals surface area contributed by atoms with E-state index in [1.165, 1.54) is 23.0 Å². The Hall–Kier alpha value is -3.83. The molecule has 1 N–H and O–H groups in total. The van der Waals surface area contributed by atoms with Crippen LogP contribution in [0.25, 0.3) is 6.08 Å². The quantitative estimate of drug-likeness (QED) is 0.317. The number of thiazole rings is 1. The summed E-state index contributed by atoms with van der Waals surface area (Å²) in [6.07, 6.45) is 3.68. The first-order chi connectivity index (χ1) is 18.3. The number of carboxylic acids is 1. The van der Waals surface area contributed by atoms with Gasteiger partial charge in [0.05, 0.1) is 35.6 Å². The lowest BCUT2D eigenvalue weighted by Gasteiger charge is -2.24. The summed E-state index contributed by atoms with van der Waals surface area (Å²) in [5.74, 6) is -1.01. The molecular formula is C27H26N2O7S2. The molecule has 0 fully saturated rings. The average molecular weight is 555 g/mol. The smallest absolute Gasteiger partial charge is 0.341 e. The molecule has 1 aliphatic heterocycles. The first-order valence-corrected chi connectivity index (χ1v) is 13.7. The third-order valence-corrected chi connectivity index (χ3v) is 7.51. The summed E-state index contributed by atoms with van der Waals surface area (Å²) in [6, 6.07) is 12.0. The summed E-state index contributed by atoms with van der Waals surface area (Å²) < 4.78 is 17.9. The van der Waals surface area contributed by atoms with E-state index in [2.05, 4.69) is 4.99 Å². The van der Waals surface area contributed by atoms with Crippen LogP contribution in [0.4, 0.5) is 0 Å².